The minimum absolute atomic E-state index is 1.03. The number of hydrogen-bond acceptors (Lipinski definition) is 2. The maximum absolute atomic E-state index is 2.36. The zero-order chi connectivity index (χ0) is 29.3. The summed E-state index contributed by atoms with van der Waals surface area (Å²) in [5.74, 6) is 0. The molecule has 0 radical (unpaired) electrons. The van der Waals surface area contributed by atoms with Crippen LogP contribution in [0.1, 0.15) is 47.2 Å². The first kappa shape index (κ1) is 28.7. The quantitative estimate of drug-likeness (QED) is 0.160. The van der Waals surface area contributed by atoms with Crippen LogP contribution < -0.4 is 9.80 Å². The summed E-state index contributed by atoms with van der Waals surface area (Å²) in [6.07, 6.45) is 8.70. The highest BCUT2D eigenvalue weighted by atomic mass is 15.1. The summed E-state index contributed by atoms with van der Waals surface area (Å²) in [4.78, 5) is 4.66. The van der Waals surface area contributed by atoms with Crippen molar-refractivity contribution in [1.29, 1.82) is 0 Å². The summed E-state index contributed by atoms with van der Waals surface area (Å²) >= 11 is 0. The minimum atomic E-state index is 1.03. The van der Waals surface area contributed by atoms with Gasteiger partial charge in [0.25, 0.3) is 0 Å². The molecule has 0 fully saturated rings. The average molecular weight is 549 g/mol. The monoisotopic (exact) mass is 548 g/mol. The Bertz CT molecular complexity index is 1560. The van der Waals surface area contributed by atoms with Crippen molar-refractivity contribution in [3.05, 3.63) is 155 Å². The molecule has 0 saturated carbocycles. The van der Waals surface area contributed by atoms with E-state index in [2.05, 4.69) is 183 Å². The van der Waals surface area contributed by atoms with Crippen molar-refractivity contribution in [3.8, 4) is 0 Å². The average Bonchev–Trinajstić information content (AvgIpc) is 3.03. The van der Waals surface area contributed by atoms with Crippen molar-refractivity contribution in [2.45, 2.75) is 27.7 Å². The fourth-order valence-corrected chi connectivity index (χ4v) is 5.06. The second kappa shape index (κ2) is 13.7. The molecule has 0 aliphatic heterocycles. The lowest BCUT2D eigenvalue weighted by molar-refractivity contribution is 0.866. The van der Waals surface area contributed by atoms with E-state index in [4.69, 9.17) is 0 Å². The smallest absolute Gasteiger partial charge is 0.0462 e. The Morgan fingerprint density at radius 3 is 0.952 bits per heavy atom. The highest BCUT2D eigenvalue weighted by Gasteiger charge is 2.12. The van der Waals surface area contributed by atoms with E-state index in [1.807, 2.05) is 0 Å². The molecule has 0 aliphatic carbocycles. The molecule has 210 valence electrons. The molecule has 0 amide bonds. The van der Waals surface area contributed by atoms with Crippen LogP contribution in [0.5, 0.6) is 0 Å². The van der Waals surface area contributed by atoms with Crippen LogP contribution in [0.4, 0.5) is 22.7 Å². The molecule has 0 aromatic heterocycles. The van der Waals surface area contributed by atoms with Crippen LogP contribution in [0, 0.1) is 13.8 Å². The van der Waals surface area contributed by atoms with E-state index in [9.17, 15) is 0 Å². The molecule has 0 unspecified atom stereocenters. The largest absolute Gasteiger partial charge is 0.372 e. The van der Waals surface area contributed by atoms with Crippen LogP contribution in [0.25, 0.3) is 24.3 Å². The van der Waals surface area contributed by atoms with Crippen molar-refractivity contribution in [2.24, 2.45) is 0 Å². The maximum Gasteiger partial charge on any atom is 0.0462 e. The second-order valence-electron chi connectivity index (χ2n) is 10.7. The second-order valence-corrected chi connectivity index (χ2v) is 10.7. The number of anilines is 4. The van der Waals surface area contributed by atoms with Gasteiger partial charge in [0, 0.05) is 35.8 Å². The van der Waals surface area contributed by atoms with Crippen molar-refractivity contribution >= 4 is 47.1 Å². The maximum atomic E-state index is 2.36. The summed E-state index contributed by atoms with van der Waals surface area (Å²) in [6.45, 7) is 10.7. The first-order valence-electron chi connectivity index (χ1n) is 14.9. The molecule has 0 saturated heterocycles. The zero-order valence-electron chi connectivity index (χ0n) is 25.2. The van der Waals surface area contributed by atoms with Gasteiger partial charge in [0.1, 0.15) is 0 Å². The van der Waals surface area contributed by atoms with Gasteiger partial charge in [-0.1, -0.05) is 108 Å². The number of rotatable bonds is 10. The topological polar surface area (TPSA) is 6.48 Å². The van der Waals surface area contributed by atoms with E-state index in [0.717, 1.165) is 30.2 Å². The number of hydrogen-bond donors (Lipinski definition) is 0. The van der Waals surface area contributed by atoms with Crippen LogP contribution in [0.2, 0.25) is 0 Å². The molecule has 42 heavy (non-hydrogen) atoms. The molecule has 5 aromatic rings. The van der Waals surface area contributed by atoms with E-state index in [-0.39, 0.29) is 0 Å². The van der Waals surface area contributed by atoms with Crippen LogP contribution in [-0.2, 0) is 0 Å². The summed E-state index contributed by atoms with van der Waals surface area (Å²) in [5, 5.41) is 0. The lowest BCUT2D eigenvalue weighted by atomic mass is 10.1. The van der Waals surface area contributed by atoms with Gasteiger partial charge in [0.05, 0.1) is 0 Å². The highest BCUT2D eigenvalue weighted by molar-refractivity contribution is 5.78. The third kappa shape index (κ3) is 7.27. The fraction of sp³-hybridized carbons (Fsp3) is 0.150. The summed E-state index contributed by atoms with van der Waals surface area (Å²) in [6, 6.07) is 43.6. The van der Waals surface area contributed by atoms with E-state index in [1.54, 1.807) is 0 Å². The summed E-state index contributed by atoms with van der Waals surface area (Å²) < 4.78 is 0. The first-order valence-corrected chi connectivity index (χ1v) is 14.9. The molecule has 0 aliphatic rings. The van der Waals surface area contributed by atoms with Crippen LogP contribution in [-0.4, -0.2) is 13.1 Å². The lowest BCUT2D eigenvalue weighted by Gasteiger charge is -2.25. The Balaban J connectivity index is 1.26. The van der Waals surface area contributed by atoms with Crippen molar-refractivity contribution < 1.29 is 0 Å². The van der Waals surface area contributed by atoms with Gasteiger partial charge in [0.15, 0.2) is 0 Å². The molecule has 0 bridgehead atoms. The van der Waals surface area contributed by atoms with Gasteiger partial charge in [-0.15, -0.1) is 0 Å². The fourth-order valence-electron chi connectivity index (χ4n) is 5.06. The minimum Gasteiger partial charge on any atom is -0.372 e. The van der Waals surface area contributed by atoms with Gasteiger partial charge in [0.2, 0.25) is 0 Å². The molecule has 2 nitrogen and oxygen atoms in total. The Hall–Kier alpha value is -4.82. The standard InChI is InChI=1S/C40H40N2/c1-5-41(6-2)37-27-19-35(20-28-37)17-15-33-11-13-34(14-12-33)16-18-36-21-29-40(30-22-36)42(38-23-7-31(3)8-24-38)39-25-9-32(4)10-26-39/h7-30H,5-6H2,1-4H3/b17-15+,18-16+. The molecule has 0 N–H and O–H groups in total. The van der Waals surface area contributed by atoms with Crippen LogP contribution >= 0.6 is 0 Å². The number of benzene rings is 5. The summed E-state index contributed by atoms with van der Waals surface area (Å²) in [5.41, 5.74) is 12.0. The van der Waals surface area contributed by atoms with Gasteiger partial charge >= 0.3 is 0 Å². The Kier molecular flexibility index (Phi) is 9.36. The molecule has 0 heterocycles. The highest BCUT2D eigenvalue weighted by Crippen LogP contribution is 2.35. The first-order chi connectivity index (χ1) is 20.5. The lowest BCUT2D eigenvalue weighted by Crippen LogP contribution is -2.21. The van der Waals surface area contributed by atoms with E-state index >= 15 is 0 Å². The normalized spacial score (nSPS) is 11.3. The van der Waals surface area contributed by atoms with Gasteiger partial charge in [-0.25, -0.2) is 0 Å². The number of nitrogens with zero attached hydrogens (tertiary/aromatic N) is 2. The van der Waals surface area contributed by atoms with Crippen molar-refractivity contribution in [3.63, 3.8) is 0 Å². The predicted octanol–water partition coefficient (Wildman–Crippen LogP) is 11.0. The molecule has 5 rings (SSSR count). The van der Waals surface area contributed by atoms with E-state index in [1.165, 1.54) is 39.1 Å². The third-order valence-corrected chi connectivity index (χ3v) is 7.63. The number of aryl methyl sites for hydroxylation is 2. The Morgan fingerprint density at radius 2 is 0.643 bits per heavy atom. The van der Waals surface area contributed by atoms with Crippen LogP contribution in [0.3, 0.4) is 0 Å². The summed E-state index contributed by atoms with van der Waals surface area (Å²) in [7, 11) is 0. The molecular weight excluding hydrogens is 508 g/mol. The van der Waals surface area contributed by atoms with Crippen molar-refractivity contribution in [2.75, 3.05) is 22.9 Å². The Labute approximate surface area is 251 Å². The van der Waals surface area contributed by atoms with E-state index < -0.39 is 0 Å². The molecule has 5 aromatic carbocycles. The molecule has 2 heteroatoms. The molecular formula is C40H40N2. The van der Waals surface area contributed by atoms with Gasteiger partial charge in [-0.2, -0.15) is 0 Å². The zero-order valence-corrected chi connectivity index (χ0v) is 25.2. The van der Waals surface area contributed by atoms with Gasteiger partial charge < -0.3 is 9.80 Å². The molecule has 0 spiro atoms. The Morgan fingerprint density at radius 1 is 0.381 bits per heavy atom. The predicted molar refractivity (Wildman–Crippen MR) is 185 cm³/mol. The SMILES string of the molecule is CCN(CC)c1ccc(/C=C/c2ccc(/C=C/c3ccc(N(c4ccc(C)cc4)c4ccc(C)cc4)cc3)cc2)cc1. The van der Waals surface area contributed by atoms with Gasteiger partial charge in [-0.05, 0) is 98.5 Å². The van der Waals surface area contributed by atoms with E-state index in [0.29, 0.717) is 0 Å². The van der Waals surface area contributed by atoms with Crippen LogP contribution in [0.15, 0.2) is 121 Å². The van der Waals surface area contributed by atoms with Crippen molar-refractivity contribution in [1.82, 2.24) is 0 Å². The molecule has 0 atom stereocenters. The third-order valence-electron chi connectivity index (χ3n) is 7.63. The van der Waals surface area contributed by atoms with Gasteiger partial charge in [-0.3, -0.25) is 0 Å².